The number of carbonyl (C=O) groups excluding carboxylic acids is 2. The number of aldehydes is 1. The van der Waals surface area contributed by atoms with Crippen LogP contribution < -0.4 is 0 Å². The normalized spacial score (nSPS) is 14.4. The molecule has 2 aromatic heterocycles. The van der Waals surface area contributed by atoms with Gasteiger partial charge in [-0.2, -0.15) is 5.10 Å². The number of ether oxygens (including phenoxy) is 1. The van der Waals surface area contributed by atoms with Gasteiger partial charge >= 0.3 is 6.09 Å². The van der Waals surface area contributed by atoms with E-state index in [9.17, 15) is 9.59 Å². The standard InChI is InChI=1S/C24H26N4O3/c1-6-17-9-10-25-22-20(17)21(18-12-27(13-18)23(30)31-24(3,4)5)26-28(22)19-8-7-16(14-29)11-15(19)2/h6-11,14,18H,1,12-13H2,2-5H3. The van der Waals surface area contributed by atoms with Crippen molar-refractivity contribution >= 4 is 29.5 Å². The lowest BCUT2D eigenvalue weighted by atomic mass is 9.93. The van der Waals surface area contributed by atoms with Crippen LogP contribution in [0.2, 0.25) is 0 Å². The van der Waals surface area contributed by atoms with Crippen LogP contribution >= 0.6 is 0 Å². The number of pyridine rings is 1. The number of fused-ring (bicyclic) bond motifs is 1. The first-order chi connectivity index (χ1) is 14.7. The number of hydrogen-bond acceptors (Lipinski definition) is 5. The van der Waals surface area contributed by atoms with Gasteiger partial charge in [-0.1, -0.05) is 12.7 Å². The maximum absolute atomic E-state index is 12.4. The van der Waals surface area contributed by atoms with Crippen molar-refractivity contribution in [1.82, 2.24) is 19.7 Å². The third-order valence-electron chi connectivity index (χ3n) is 5.35. The molecule has 0 N–H and O–H groups in total. The van der Waals surface area contributed by atoms with Crippen molar-refractivity contribution in [3.05, 3.63) is 59.4 Å². The average molecular weight is 418 g/mol. The van der Waals surface area contributed by atoms with Gasteiger partial charge in [0.15, 0.2) is 5.65 Å². The molecule has 0 unspecified atom stereocenters. The van der Waals surface area contributed by atoms with Gasteiger partial charge in [-0.25, -0.2) is 14.5 Å². The van der Waals surface area contributed by atoms with Gasteiger partial charge in [0.1, 0.15) is 11.9 Å². The highest BCUT2D eigenvalue weighted by atomic mass is 16.6. The predicted molar refractivity (Wildman–Crippen MR) is 120 cm³/mol. The highest BCUT2D eigenvalue weighted by Crippen LogP contribution is 2.35. The van der Waals surface area contributed by atoms with E-state index in [1.165, 1.54) is 0 Å². The Balaban J connectivity index is 1.73. The second kappa shape index (κ2) is 7.65. The van der Waals surface area contributed by atoms with Crippen LogP contribution in [0.25, 0.3) is 22.8 Å². The van der Waals surface area contributed by atoms with E-state index < -0.39 is 5.60 Å². The fraction of sp³-hybridized carbons (Fsp3) is 0.333. The Kier molecular flexibility index (Phi) is 5.13. The molecule has 1 aliphatic heterocycles. The minimum atomic E-state index is -0.526. The molecule has 31 heavy (non-hydrogen) atoms. The summed E-state index contributed by atoms with van der Waals surface area (Å²) < 4.78 is 7.29. The number of aryl methyl sites for hydroxylation is 1. The van der Waals surface area contributed by atoms with Crippen molar-refractivity contribution in [3.8, 4) is 5.69 Å². The van der Waals surface area contributed by atoms with Gasteiger partial charge in [0.05, 0.1) is 16.8 Å². The topological polar surface area (TPSA) is 77.3 Å². The maximum atomic E-state index is 12.4. The van der Waals surface area contributed by atoms with Crippen molar-refractivity contribution in [2.24, 2.45) is 0 Å². The lowest BCUT2D eigenvalue weighted by molar-refractivity contribution is 0.00794. The fourth-order valence-electron chi connectivity index (χ4n) is 3.83. The SMILES string of the molecule is C=Cc1ccnc2c1c(C1CN(C(=O)OC(C)(C)C)C1)nn2-c1ccc(C=O)cc1C. The molecule has 4 rings (SSSR count). The summed E-state index contributed by atoms with van der Waals surface area (Å²) in [5.74, 6) is 0.0775. The third kappa shape index (κ3) is 3.83. The largest absolute Gasteiger partial charge is 0.444 e. The summed E-state index contributed by atoms with van der Waals surface area (Å²) >= 11 is 0. The zero-order chi connectivity index (χ0) is 22.3. The van der Waals surface area contributed by atoms with Crippen molar-refractivity contribution in [2.45, 2.75) is 39.2 Å². The number of hydrogen-bond donors (Lipinski definition) is 0. The monoisotopic (exact) mass is 418 g/mol. The van der Waals surface area contributed by atoms with Gasteiger partial charge < -0.3 is 9.64 Å². The molecule has 7 nitrogen and oxygen atoms in total. The Labute approximate surface area is 181 Å². The van der Waals surface area contributed by atoms with E-state index in [0.29, 0.717) is 18.7 Å². The van der Waals surface area contributed by atoms with Gasteiger partial charge in [-0.05, 0) is 63.1 Å². The number of carbonyl (C=O) groups is 2. The zero-order valence-electron chi connectivity index (χ0n) is 18.3. The summed E-state index contributed by atoms with van der Waals surface area (Å²) in [5, 5.41) is 5.85. The second-order valence-electron chi connectivity index (χ2n) is 8.85. The third-order valence-corrected chi connectivity index (χ3v) is 5.35. The van der Waals surface area contributed by atoms with Crippen molar-refractivity contribution in [1.29, 1.82) is 0 Å². The van der Waals surface area contributed by atoms with E-state index in [4.69, 9.17) is 9.84 Å². The molecule has 7 heteroatoms. The maximum Gasteiger partial charge on any atom is 0.410 e. The highest BCUT2D eigenvalue weighted by molar-refractivity contribution is 5.90. The molecule has 0 radical (unpaired) electrons. The van der Waals surface area contributed by atoms with E-state index >= 15 is 0 Å². The Bertz CT molecular complexity index is 1180. The summed E-state index contributed by atoms with van der Waals surface area (Å²) in [5.41, 5.74) is 4.44. The number of aromatic nitrogens is 3. The van der Waals surface area contributed by atoms with Crippen LogP contribution in [0.4, 0.5) is 4.79 Å². The molecule has 1 amide bonds. The number of benzene rings is 1. The Morgan fingerprint density at radius 1 is 1.26 bits per heavy atom. The minimum Gasteiger partial charge on any atom is -0.444 e. The molecule has 0 spiro atoms. The summed E-state index contributed by atoms with van der Waals surface area (Å²) in [6, 6.07) is 7.40. The van der Waals surface area contributed by atoms with E-state index in [1.807, 2.05) is 50.6 Å². The van der Waals surface area contributed by atoms with Gasteiger partial charge in [0.25, 0.3) is 0 Å². The van der Waals surface area contributed by atoms with Gasteiger partial charge in [0.2, 0.25) is 0 Å². The van der Waals surface area contributed by atoms with Gasteiger partial charge in [-0.3, -0.25) is 4.79 Å². The summed E-state index contributed by atoms with van der Waals surface area (Å²) in [7, 11) is 0. The minimum absolute atomic E-state index is 0.0775. The second-order valence-corrected chi connectivity index (χ2v) is 8.85. The lowest BCUT2D eigenvalue weighted by Crippen LogP contribution is -2.50. The molecule has 3 heterocycles. The summed E-state index contributed by atoms with van der Waals surface area (Å²) in [6.07, 6.45) is 4.06. The molecule has 160 valence electrons. The van der Waals surface area contributed by atoms with E-state index in [2.05, 4.69) is 11.6 Å². The molecule has 1 fully saturated rings. The lowest BCUT2D eigenvalue weighted by Gasteiger charge is -2.39. The smallest absolute Gasteiger partial charge is 0.410 e. The van der Waals surface area contributed by atoms with Crippen LogP contribution in [-0.4, -0.2) is 50.7 Å². The first kappa shape index (κ1) is 20.8. The molecular weight excluding hydrogens is 392 g/mol. The highest BCUT2D eigenvalue weighted by Gasteiger charge is 2.37. The Morgan fingerprint density at radius 2 is 2.00 bits per heavy atom. The van der Waals surface area contributed by atoms with Crippen LogP contribution in [0.15, 0.2) is 37.0 Å². The van der Waals surface area contributed by atoms with Crippen molar-refractivity contribution in [3.63, 3.8) is 0 Å². The number of likely N-dealkylation sites (tertiary alicyclic amines) is 1. The molecule has 3 aromatic rings. The van der Waals surface area contributed by atoms with E-state index in [-0.39, 0.29) is 12.0 Å². The molecule has 0 bridgehead atoms. The van der Waals surface area contributed by atoms with Crippen LogP contribution in [0.3, 0.4) is 0 Å². The van der Waals surface area contributed by atoms with Crippen LogP contribution in [-0.2, 0) is 4.74 Å². The molecule has 1 aliphatic rings. The molecule has 1 aromatic carbocycles. The predicted octanol–water partition coefficient (Wildman–Crippen LogP) is 4.52. The summed E-state index contributed by atoms with van der Waals surface area (Å²) in [4.78, 5) is 29.8. The van der Waals surface area contributed by atoms with Crippen LogP contribution in [0, 0.1) is 6.92 Å². The van der Waals surface area contributed by atoms with Gasteiger partial charge in [-0.15, -0.1) is 0 Å². The molecule has 1 saturated heterocycles. The van der Waals surface area contributed by atoms with Crippen LogP contribution in [0.1, 0.15) is 53.9 Å². The Hall–Kier alpha value is -3.48. The Morgan fingerprint density at radius 3 is 2.61 bits per heavy atom. The average Bonchev–Trinajstić information content (AvgIpc) is 3.04. The molecule has 0 atom stereocenters. The van der Waals surface area contributed by atoms with E-state index in [0.717, 1.165) is 39.8 Å². The van der Waals surface area contributed by atoms with E-state index in [1.54, 1.807) is 23.2 Å². The molecule has 0 saturated carbocycles. The quantitative estimate of drug-likeness (QED) is 0.582. The zero-order valence-corrected chi connectivity index (χ0v) is 18.3. The number of nitrogens with zero attached hydrogens (tertiary/aromatic N) is 4. The number of rotatable bonds is 4. The number of amides is 1. The fourth-order valence-corrected chi connectivity index (χ4v) is 3.83. The van der Waals surface area contributed by atoms with Crippen molar-refractivity contribution in [2.75, 3.05) is 13.1 Å². The molecular formula is C24H26N4O3. The molecule has 0 aliphatic carbocycles. The van der Waals surface area contributed by atoms with Crippen LogP contribution in [0.5, 0.6) is 0 Å². The first-order valence-electron chi connectivity index (χ1n) is 10.3. The summed E-state index contributed by atoms with van der Waals surface area (Å²) in [6.45, 7) is 12.5. The first-order valence-corrected chi connectivity index (χ1v) is 10.3. The van der Waals surface area contributed by atoms with Gasteiger partial charge in [0, 0.05) is 30.8 Å². The van der Waals surface area contributed by atoms with Crippen molar-refractivity contribution < 1.29 is 14.3 Å².